The van der Waals surface area contributed by atoms with Crippen molar-refractivity contribution in [3.63, 3.8) is 0 Å². The zero-order valence-electron chi connectivity index (χ0n) is 10.2. The van der Waals surface area contributed by atoms with Gasteiger partial charge in [0.2, 0.25) is 4.38 Å². The van der Waals surface area contributed by atoms with Crippen LogP contribution in [0.5, 0.6) is 0 Å². The lowest BCUT2D eigenvalue weighted by Crippen LogP contribution is -2.37. The summed E-state index contributed by atoms with van der Waals surface area (Å²) in [6, 6.07) is 0. The van der Waals surface area contributed by atoms with Gasteiger partial charge in [0.25, 0.3) is 0 Å². The first-order chi connectivity index (χ1) is 7.06. The third kappa shape index (κ3) is 3.63. The van der Waals surface area contributed by atoms with Crippen LogP contribution in [-0.2, 0) is 4.74 Å². The van der Waals surface area contributed by atoms with Crippen LogP contribution < -0.4 is 0 Å². The SMILES string of the molecule is CSC(=S)O[C@@H]1CCC[C@@H](C)[C@@H]1C(C)C. The molecular weight excluding hydrogens is 224 g/mol. The summed E-state index contributed by atoms with van der Waals surface area (Å²) in [5.41, 5.74) is 0. The Balaban J connectivity index is 2.62. The molecule has 0 spiro atoms. The fourth-order valence-corrected chi connectivity index (χ4v) is 3.13. The number of rotatable bonds is 2. The summed E-state index contributed by atoms with van der Waals surface area (Å²) in [6.45, 7) is 6.94. The van der Waals surface area contributed by atoms with E-state index in [0.717, 1.165) is 5.92 Å². The Hall–Kier alpha value is 0.240. The minimum Gasteiger partial charge on any atom is -0.475 e. The molecule has 1 fully saturated rings. The summed E-state index contributed by atoms with van der Waals surface area (Å²) in [5, 5.41) is 0. The highest BCUT2D eigenvalue weighted by Crippen LogP contribution is 2.37. The lowest BCUT2D eigenvalue weighted by atomic mass is 9.72. The van der Waals surface area contributed by atoms with E-state index in [9.17, 15) is 0 Å². The van der Waals surface area contributed by atoms with Crippen molar-refractivity contribution in [1.29, 1.82) is 0 Å². The van der Waals surface area contributed by atoms with Crippen LogP contribution in [0.1, 0.15) is 40.0 Å². The largest absolute Gasteiger partial charge is 0.475 e. The van der Waals surface area contributed by atoms with E-state index in [2.05, 4.69) is 20.8 Å². The Morgan fingerprint density at radius 1 is 1.40 bits per heavy atom. The van der Waals surface area contributed by atoms with Crippen molar-refractivity contribution in [2.45, 2.75) is 46.1 Å². The minimum absolute atomic E-state index is 0.355. The van der Waals surface area contributed by atoms with Gasteiger partial charge in [-0.25, -0.2) is 0 Å². The van der Waals surface area contributed by atoms with Gasteiger partial charge in [-0.1, -0.05) is 39.0 Å². The van der Waals surface area contributed by atoms with E-state index >= 15 is 0 Å². The Kier molecular flexibility index (Phi) is 5.41. The summed E-state index contributed by atoms with van der Waals surface area (Å²) in [4.78, 5) is 0. The zero-order chi connectivity index (χ0) is 11.4. The van der Waals surface area contributed by atoms with E-state index in [0.29, 0.717) is 22.3 Å². The average Bonchev–Trinajstić information content (AvgIpc) is 2.17. The predicted octanol–water partition coefficient (Wildman–Crippen LogP) is 4.11. The molecule has 0 amide bonds. The molecule has 0 aromatic carbocycles. The summed E-state index contributed by atoms with van der Waals surface area (Å²) >= 11 is 6.70. The molecule has 0 bridgehead atoms. The number of ether oxygens (including phenoxy) is 1. The molecule has 0 radical (unpaired) electrons. The van der Waals surface area contributed by atoms with Crippen molar-refractivity contribution in [2.24, 2.45) is 17.8 Å². The number of thiocarbonyl (C=S) groups is 1. The molecule has 0 aromatic heterocycles. The molecule has 0 heterocycles. The van der Waals surface area contributed by atoms with Gasteiger partial charge in [-0.05, 0) is 43.2 Å². The lowest BCUT2D eigenvalue weighted by molar-refractivity contribution is 0.0281. The van der Waals surface area contributed by atoms with Crippen LogP contribution in [0.3, 0.4) is 0 Å². The normalized spacial score (nSPS) is 31.7. The molecule has 0 saturated heterocycles. The van der Waals surface area contributed by atoms with Crippen LogP contribution in [0.2, 0.25) is 0 Å². The van der Waals surface area contributed by atoms with Crippen molar-refractivity contribution in [1.82, 2.24) is 0 Å². The van der Waals surface area contributed by atoms with Crippen molar-refractivity contribution >= 4 is 28.4 Å². The summed E-state index contributed by atoms with van der Waals surface area (Å²) in [6.07, 6.45) is 6.14. The van der Waals surface area contributed by atoms with Gasteiger partial charge in [-0.2, -0.15) is 0 Å². The quantitative estimate of drug-likeness (QED) is 0.679. The topological polar surface area (TPSA) is 9.23 Å². The first-order valence-corrected chi connectivity index (χ1v) is 7.44. The number of hydrogen-bond acceptors (Lipinski definition) is 3. The molecule has 0 N–H and O–H groups in total. The molecule has 1 aliphatic carbocycles. The molecule has 1 rings (SSSR count). The van der Waals surface area contributed by atoms with Crippen LogP contribution >= 0.6 is 24.0 Å². The van der Waals surface area contributed by atoms with Crippen molar-refractivity contribution in [3.05, 3.63) is 0 Å². The second kappa shape index (κ2) is 6.09. The fraction of sp³-hybridized carbons (Fsp3) is 0.917. The molecule has 1 saturated carbocycles. The van der Waals surface area contributed by atoms with E-state index in [4.69, 9.17) is 17.0 Å². The van der Waals surface area contributed by atoms with Crippen molar-refractivity contribution in [3.8, 4) is 0 Å². The maximum atomic E-state index is 5.88. The second-order valence-electron chi connectivity index (χ2n) is 4.84. The molecule has 88 valence electrons. The second-order valence-corrected chi connectivity index (χ2v) is 6.25. The third-order valence-electron chi connectivity index (χ3n) is 3.42. The Morgan fingerprint density at radius 3 is 2.60 bits per heavy atom. The van der Waals surface area contributed by atoms with Gasteiger partial charge >= 0.3 is 0 Å². The van der Waals surface area contributed by atoms with Crippen LogP contribution in [0.25, 0.3) is 0 Å². The first kappa shape index (κ1) is 13.3. The Labute approximate surface area is 103 Å². The predicted molar refractivity (Wildman–Crippen MR) is 72.3 cm³/mol. The van der Waals surface area contributed by atoms with Crippen LogP contribution in [-0.4, -0.2) is 16.7 Å². The lowest BCUT2D eigenvalue weighted by Gasteiger charge is -2.38. The van der Waals surface area contributed by atoms with Gasteiger partial charge in [0.1, 0.15) is 6.10 Å². The van der Waals surface area contributed by atoms with Crippen LogP contribution in [0.4, 0.5) is 0 Å². The minimum atomic E-state index is 0.355. The summed E-state index contributed by atoms with van der Waals surface area (Å²) in [7, 11) is 0. The van der Waals surface area contributed by atoms with Gasteiger partial charge in [-0.15, -0.1) is 0 Å². The Morgan fingerprint density at radius 2 is 2.07 bits per heavy atom. The van der Waals surface area contributed by atoms with Crippen LogP contribution in [0, 0.1) is 17.8 Å². The van der Waals surface area contributed by atoms with Gasteiger partial charge < -0.3 is 4.74 Å². The van der Waals surface area contributed by atoms with E-state index in [1.807, 2.05) is 6.26 Å². The summed E-state index contributed by atoms with van der Waals surface area (Å²) < 4.78 is 6.59. The van der Waals surface area contributed by atoms with Gasteiger partial charge in [0.15, 0.2) is 0 Å². The third-order valence-corrected chi connectivity index (χ3v) is 4.44. The van der Waals surface area contributed by atoms with E-state index < -0.39 is 0 Å². The zero-order valence-corrected chi connectivity index (χ0v) is 11.8. The highest BCUT2D eigenvalue weighted by molar-refractivity contribution is 8.22. The van der Waals surface area contributed by atoms with Crippen molar-refractivity contribution in [2.75, 3.05) is 6.26 Å². The maximum absolute atomic E-state index is 5.88. The molecule has 0 aromatic rings. The van der Waals surface area contributed by atoms with Crippen molar-refractivity contribution < 1.29 is 4.74 Å². The maximum Gasteiger partial charge on any atom is 0.219 e. The van der Waals surface area contributed by atoms with E-state index in [1.165, 1.54) is 19.3 Å². The smallest absolute Gasteiger partial charge is 0.219 e. The van der Waals surface area contributed by atoms with E-state index in [-0.39, 0.29) is 0 Å². The van der Waals surface area contributed by atoms with Gasteiger partial charge in [0.05, 0.1) is 0 Å². The molecule has 3 atom stereocenters. The highest BCUT2D eigenvalue weighted by Gasteiger charge is 2.34. The highest BCUT2D eigenvalue weighted by atomic mass is 32.2. The molecular formula is C12H22OS2. The molecule has 15 heavy (non-hydrogen) atoms. The van der Waals surface area contributed by atoms with E-state index in [1.54, 1.807) is 11.8 Å². The molecule has 0 unspecified atom stereocenters. The van der Waals surface area contributed by atoms with Crippen LogP contribution in [0.15, 0.2) is 0 Å². The molecule has 1 aliphatic rings. The van der Waals surface area contributed by atoms with Gasteiger partial charge in [0, 0.05) is 5.92 Å². The average molecular weight is 246 g/mol. The number of hydrogen-bond donors (Lipinski definition) is 0. The first-order valence-electron chi connectivity index (χ1n) is 5.80. The Bertz CT molecular complexity index is 216. The molecule has 0 aliphatic heterocycles. The number of thioether (sulfide) groups is 1. The van der Waals surface area contributed by atoms with Gasteiger partial charge in [-0.3, -0.25) is 0 Å². The fourth-order valence-electron chi connectivity index (χ4n) is 2.79. The molecule has 3 heteroatoms. The monoisotopic (exact) mass is 246 g/mol. The summed E-state index contributed by atoms with van der Waals surface area (Å²) in [5.74, 6) is 2.13. The molecule has 1 nitrogen and oxygen atoms in total. The standard InChI is InChI=1S/C12H22OS2/c1-8(2)11-9(3)6-5-7-10(11)13-12(14)15-4/h8-11H,5-7H2,1-4H3/t9-,10-,11+/m1/s1.